The zero-order valence-corrected chi connectivity index (χ0v) is 18.7. The summed E-state index contributed by atoms with van der Waals surface area (Å²) < 4.78 is 0. The molecule has 1 aromatic heterocycles. The molecule has 170 valence electrons. The standard InChI is InChI=1S/C22H18Cl2N4O5/c1-11-5-2-3-6-13(11)19(29)26-16(21(31)32)9-12-10-25-22(33)28-18(12)27-20(30)17-14(23)7-4-8-15(17)24/h2-8,10,16H,9H2,1H3,(H,26,29)(H,31,32)(H2,25,27,28,30,33). The van der Waals surface area contributed by atoms with Gasteiger partial charge in [0.2, 0.25) is 0 Å². The Kier molecular flexibility index (Phi) is 7.47. The van der Waals surface area contributed by atoms with E-state index in [9.17, 15) is 24.3 Å². The zero-order chi connectivity index (χ0) is 24.1. The summed E-state index contributed by atoms with van der Waals surface area (Å²) >= 11 is 12.1. The number of aliphatic carboxylic acids is 1. The summed E-state index contributed by atoms with van der Waals surface area (Å²) in [5.41, 5.74) is 0.370. The average Bonchev–Trinajstić information content (AvgIpc) is 2.75. The summed E-state index contributed by atoms with van der Waals surface area (Å²) in [5, 5.41) is 14.7. The molecule has 0 radical (unpaired) electrons. The Hall–Kier alpha value is -3.69. The second-order valence-electron chi connectivity index (χ2n) is 7.01. The molecular formula is C22H18Cl2N4O5. The Bertz CT molecular complexity index is 1270. The molecule has 3 aromatic rings. The third kappa shape index (κ3) is 5.76. The molecule has 2 aromatic carbocycles. The quantitative estimate of drug-likeness (QED) is 0.402. The number of carbonyl (C=O) groups excluding carboxylic acids is 2. The van der Waals surface area contributed by atoms with Gasteiger partial charge in [-0.25, -0.2) is 9.59 Å². The van der Waals surface area contributed by atoms with Gasteiger partial charge < -0.3 is 20.7 Å². The molecular weight excluding hydrogens is 471 g/mol. The number of aromatic amines is 1. The number of benzene rings is 2. The molecule has 1 atom stereocenters. The second-order valence-corrected chi connectivity index (χ2v) is 7.83. The highest BCUT2D eigenvalue weighted by molar-refractivity contribution is 6.40. The van der Waals surface area contributed by atoms with E-state index in [0.717, 1.165) is 0 Å². The predicted octanol–water partition coefficient (Wildman–Crippen LogP) is 3.06. The van der Waals surface area contributed by atoms with Gasteiger partial charge in [0.25, 0.3) is 11.8 Å². The number of nitrogens with zero attached hydrogens (tertiary/aromatic N) is 1. The monoisotopic (exact) mass is 488 g/mol. The molecule has 9 nitrogen and oxygen atoms in total. The minimum Gasteiger partial charge on any atom is -0.480 e. The number of hydrogen-bond donors (Lipinski definition) is 4. The summed E-state index contributed by atoms with van der Waals surface area (Å²) in [6.07, 6.45) is 0.942. The molecule has 0 aliphatic carbocycles. The van der Waals surface area contributed by atoms with Crippen LogP contribution in [0.25, 0.3) is 0 Å². The van der Waals surface area contributed by atoms with Crippen LogP contribution < -0.4 is 16.3 Å². The smallest absolute Gasteiger partial charge is 0.346 e. The molecule has 1 unspecified atom stereocenters. The lowest BCUT2D eigenvalue weighted by atomic mass is 10.1. The van der Waals surface area contributed by atoms with Gasteiger partial charge in [0.1, 0.15) is 11.9 Å². The Morgan fingerprint density at radius 1 is 1.06 bits per heavy atom. The highest BCUT2D eigenvalue weighted by Crippen LogP contribution is 2.25. The maximum Gasteiger partial charge on any atom is 0.346 e. The average molecular weight is 489 g/mol. The van der Waals surface area contributed by atoms with Crippen LogP contribution in [0.3, 0.4) is 0 Å². The van der Waals surface area contributed by atoms with E-state index in [1.807, 2.05) is 0 Å². The molecule has 1 heterocycles. The first-order chi connectivity index (χ1) is 15.7. The Morgan fingerprint density at radius 2 is 1.73 bits per heavy atom. The fourth-order valence-electron chi connectivity index (χ4n) is 3.06. The van der Waals surface area contributed by atoms with Crippen LogP contribution >= 0.6 is 23.2 Å². The number of H-pyrrole nitrogens is 1. The highest BCUT2D eigenvalue weighted by atomic mass is 35.5. The lowest BCUT2D eigenvalue weighted by molar-refractivity contribution is -0.139. The number of aryl methyl sites for hydroxylation is 1. The number of amides is 2. The summed E-state index contributed by atoms with van der Waals surface area (Å²) in [4.78, 5) is 55.0. The zero-order valence-electron chi connectivity index (χ0n) is 17.2. The van der Waals surface area contributed by atoms with Gasteiger partial charge in [-0.2, -0.15) is 4.98 Å². The molecule has 3 rings (SSSR count). The third-order valence-corrected chi connectivity index (χ3v) is 5.36. The number of rotatable bonds is 7. The SMILES string of the molecule is Cc1ccccc1C(=O)NC(Cc1c[nH]c(=O)nc1NC(=O)c1c(Cl)cccc1Cl)C(=O)O. The van der Waals surface area contributed by atoms with Gasteiger partial charge >= 0.3 is 11.7 Å². The van der Waals surface area contributed by atoms with Gasteiger partial charge in [0, 0.05) is 23.7 Å². The summed E-state index contributed by atoms with van der Waals surface area (Å²) in [6.45, 7) is 1.73. The first-order valence-electron chi connectivity index (χ1n) is 9.60. The number of carbonyl (C=O) groups is 3. The number of nitrogens with one attached hydrogen (secondary N) is 3. The van der Waals surface area contributed by atoms with Gasteiger partial charge in [-0.05, 0) is 30.7 Å². The van der Waals surface area contributed by atoms with Crippen molar-refractivity contribution in [1.82, 2.24) is 15.3 Å². The largest absolute Gasteiger partial charge is 0.480 e. The van der Waals surface area contributed by atoms with E-state index in [-0.39, 0.29) is 33.4 Å². The van der Waals surface area contributed by atoms with Crippen molar-refractivity contribution in [2.45, 2.75) is 19.4 Å². The normalized spacial score (nSPS) is 11.5. The van der Waals surface area contributed by atoms with E-state index in [1.165, 1.54) is 18.3 Å². The minimum absolute atomic E-state index is 0.0310. The number of halogens is 2. The van der Waals surface area contributed by atoms with Gasteiger partial charge in [-0.3, -0.25) is 9.59 Å². The van der Waals surface area contributed by atoms with E-state index >= 15 is 0 Å². The van der Waals surface area contributed by atoms with Crippen molar-refractivity contribution in [2.24, 2.45) is 0 Å². The maximum absolute atomic E-state index is 12.7. The van der Waals surface area contributed by atoms with Crippen molar-refractivity contribution in [3.63, 3.8) is 0 Å². The maximum atomic E-state index is 12.7. The molecule has 4 N–H and O–H groups in total. The number of aromatic nitrogens is 2. The molecule has 0 bridgehead atoms. The fourth-order valence-corrected chi connectivity index (χ4v) is 3.62. The molecule has 0 aliphatic rings. The molecule has 11 heteroatoms. The first-order valence-corrected chi connectivity index (χ1v) is 10.4. The van der Waals surface area contributed by atoms with Crippen LogP contribution in [0.4, 0.5) is 5.82 Å². The first kappa shape index (κ1) is 24.0. The molecule has 0 spiro atoms. The van der Waals surface area contributed by atoms with Crippen molar-refractivity contribution in [2.75, 3.05) is 5.32 Å². The Morgan fingerprint density at radius 3 is 2.36 bits per heavy atom. The lowest BCUT2D eigenvalue weighted by Gasteiger charge is -2.17. The van der Waals surface area contributed by atoms with Crippen molar-refractivity contribution in [1.29, 1.82) is 0 Å². The second kappa shape index (κ2) is 10.3. The number of anilines is 1. The van der Waals surface area contributed by atoms with Crippen molar-refractivity contribution in [3.05, 3.63) is 91.4 Å². The number of carboxylic acids is 1. The third-order valence-electron chi connectivity index (χ3n) is 4.73. The van der Waals surface area contributed by atoms with Crippen LogP contribution in [0.1, 0.15) is 31.8 Å². The molecule has 0 fully saturated rings. The molecule has 0 aliphatic heterocycles. The summed E-state index contributed by atoms with van der Waals surface area (Å²) in [5.74, 6) is -2.81. The Balaban J connectivity index is 1.87. The number of carboxylic acid groups (broad SMARTS) is 1. The van der Waals surface area contributed by atoms with Crippen LogP contribution in [0, 0.1) is 6.92 Å². The van der Waals surface area contributed by atoms with Gasteiger partial charge in [0.05, 0.1) is 15.6 Å². The van der Waals surface area contributed by atoms with Crippen LogP contribution in [0.5, 0.6) is 0 Å². The van der Waals surface area contributed by atoms with E-state index in [4.69, 9.17) is 23.2 Å². The minimum atomic E-state index is -1.37. The van der Waals surface area contributed by atoms with E-state index in [2.05, 4.69) is 20.6 Å². The Labute approximate surface area is 197 Å². The van der Waals surface area contributed by atoms with Crippen LogP contribution in [0.15, 0.2) is 53.5 Å². The van der Waals surface area contributed by atoms with Crippen LogP contribution in [0.2, 0.25) is 10.0 Å². The van der Waals surface area contributed by atoms with Crippen LogP contribution in [-0.2, 0) is 11.2 Å². The molecule has 2 amide bonds. The molecule has 33 heavy (non-hydrogen) atoms. The van der Waals surface area contributed by atoms with Crippen molar-refractivity contribution < 1.29 is 19.5 Å². The topological polar surface area (TPSA) is 141 Å². The summed E-state index contributed by atoms with van der Waals surface area (Å²) in [6, 6.07) is 9.85. The lowest BCUT2D eigenvalue weighted by Crippen LogP contribution is -2.42. The molecule has 0 saturated heterocycles. The predicted molar refractivity (Wildman–Crippen MR) is 123 cm³/mol. The van der Waals surface area contributed by atoms with E-state index in [0.29, 0.717) is 11.1 Å². The van der Waals surface area contributed by atoms with Crippen molar-refractivity contribution >= 4 is 46.8 Å². The van der Waals surface area contributed by atoms with Gasteiger partial charge in [0.15, 0.2) is 0 Å². The van der Waals surface area contributed by atoms with E-state index < -0.39 is 29.5 Å². The van der Waals surface area contributed by atoms with Gasteiger partial charge in [-0.15, -0.1) is 0 Å². The van der Waals surface area contributed by atoms with Gasteiger partial charge in [-0.1, -0.05) is 47.5 Å². The summed E-state index contributed by atoms with van der Waals surface area (Å²) in [7, 11) is 0. The fraction of sp³-hybridized carbons (Fsp3) is 0.136. The molecule has 0 saturated carbocycles. The number of hydrogen-bond acceptors (Lipinski definition) is 5. The van der Waals surface area contributed by atoms with Crippen molar-refractivity contribution in [3.8, 4) is 0 Å². The van der Waals surface area contributed by atoms with Crippen LogP contribution in [-0.4, -0.2) is 38.9 Å². The van der Waals surface area contributed by atoms with E-state index in [1.54, 1.807) is 37.3 Å². The highest BCUT2D eigenvalue weighted by Gasteiger charge is 2.25.